The Bertz CT molecular complexity index is 454. The van der Waals surface area contributed by atoms with Crippen molar-refractivity contribution in [2.24, 2.45) is 5.10 Å². The first kappa shape index (κ1) is 12.3. The number of rotatable bonds is 3. The maximum atomic E-state index is 4.40. The first-order valence-electron chi connectivity index (χ1n) is 5.08. The van der Waals surface area contributed by atoms with Crippen molar-refractivity contribution in [2.75, 3.05) is 0 Å². The quantitative estimate of drug-likeness (QED) is 0.454. The minimum Gasteiger partial charge on any atom is -0.161 e. The summed E-state index contributed by atoms with van der Waals surface area (Å²) in [4.78, 5) is 0. The van der Waals surface area contributed by atoms with Crippen LogP contribution in [0, 0.1) is 0 Å². The van der Waals surface area contributed by atoms with Gasteiger partial charge in [0.1, 0.15) is 0 Å². The molecule has 0 fully saturated rings. The molecular weight excluding hydrogens is 344 g/mol. The zero-order valence-corrected chi connectivity index (χ0v) is 12.1. The van der Waals surface area contributed by atoms with Gasteiger partial charge in [0.2, 0.25) is 0 Å². The van der Waals surface area contributed by atoms with Crippen LogP contribution in [0.2, 0.25) is 0 Å². The fourth-order valence-electron chi connectivity index (χ4n) is 1.55. The smallest absolute Gasteiger partial charge is 0.0995 e. The molecule has 2 aromatic carbocycles. The maximum absolute atomic E-state index is 4.40. The Hall–Kier alpha value is -1.13. The van der Waals surface area contributed by atoms with Crippen molar-refractivity contribution in [1.82, 2.24) is 3.06 Å². The van der Waals surface area contributed by atoms with E-state index < -0.39 is 0 Å². The fourth-order valence-corrected chi connectivity index (χ4v) is 1.87. The molecule has 0 aromatic heterocycles. The molecule has 0 aliphatic rings. The van der Waals surface area contributed by atoms with Crippen molar-refractivity contribution in [1.29, 1.82) is 0 Å². The first-order valence-corrected chi connectivity index (χ1v) is 6.50. The molecule has 2 aromatic rings. The predicted octanol–water partition coefficient (Wildman–Crippen LogP) is 4.36. The lowest BCUT2D eigenvalue weighted by atomic mass is 10.0. The van der Waals surface area contributed by atoms with Gasteiger partial charge >= 0.3 is 0 Å². The van der Waals surface area contributed by atoms with Crippen molar-refractivity contribution in [3.8, 4) is 0 Å². The lowest BCUT2D eigenvalue weighted by molar-refractivity contribution is 0.874. The molecule has 0 radical (unpaired) electrons. The third-order valence-corrected chi connectivity index (χ3v) is 2.59. The van der Waals surface area contributed by atoms with E-state index in [1.165, 1.54) is 3.06 Å². The molecule has 0 saturated carbocycles. The fraction of sp³-hybridized carbons (Fsp3) is 0. The van der Waals surface area contributed by atoms with Crippen molar-refractivity contribution in [3.63, 3.8) is 0 Å². The van der Waals surface area contributed by atoms with Crippen LogP contribution in [0.1, 0.15) is 11.1 Å². The van der Waals surface area contributed by atoms with Crippen molar-refractivity contribution in [2.45, 2.75) is 0 Å². The van der Waals surface area contributed by atoms with Gasteiger partial charge in [-0.05, 0) is 0 Å². The average molecular weight is 354 g/mol. The molecule has 86 valence electrons. The van der Waals surface area contributed by atoms with E-state index >= 15 is 0 Å². The van der Waals surface area contributed by atoms with Crippen LogP contribution in [0.25, 0.3) is 0 Å². The lowest BCUT2D eigenvalue weighted by Crippen LogP contribution is -2.05. The molecule has 0 atom stereocenters. The molecule has 17 heavy (non-hydrogen) atoms. The van der Waals surface area contributed by atoms with E-state index in [0.717, 1.165) is 16.8 Å². The molecule has 2 rings (SSSR count). The average Bonchev–Trinajstić information content (AvgIpc) is 2.38. The molecule has 0 aliphatic carbocycles. The van der Waals surface area contributed by atoms with E-state index in [4.69, 9.17) is 0 Å². The highest BCUT2D eigenvalue weighted by Gasteiger charge is 2.07. The third-order valence-electron chi connectivity index (χ3n) is 2.27. The van der Waals surface area contributed by atoms with Crippen molar-refractivity contribution >= 4 is 38.0 Å². The Morgan fingerprint density at radius 2 is 1.18 bits per heavy atom. The molecular formula is C13H10Br2N2. The van der Waals surface area contributed by atoms with E-state index in [0.29, 0.717) is 0 Å². The van der Waals surface area contributed by atoms with Crippen LogP contribution in [-0.4, -0.2) is 8.77 Å². The van der Waals surface area contributed by atoms with Gasteiger partial charge in [0.15, 0.2) is 0 Å². The molecule has 0 unspecified atom stereocenters. The van der Waals surface area contributed by atoms with E-state index in [9.17, 15) is 0 Å². The van der Waals surface area contributed by atoms with E-state index in [1.807, 2.05) is 60.7 Å². The molecule has 4 heteroatoms. The van der Waals surface area contributed by atoms with Crippen molar-refractivity contribution < 1.29 is 0 Å². The first-order chi connectivity index (χ1) is 8.27. The van der Waals surface area contributed by atoms with Gasteiger partial charge < -0.3 is 0 Å². The van der Waals surface area contributed by atoms with Crippen LogP contribution in [0.5, 0.6) is 0 Å². The normalized spacial score (nSPS) is 9.76. The number of hydrazone groups is 1. The van der Waals surface area contributed by atoms with Gasteiger partial charge in [-0.1, -0.05) is 60.7 Å². The van der Waals surface area contributed by atoms with E-state index in [2.05, 4.69) is 37.4 Å². The second-order valence-corrected chi connectivity index (χ2v) is 5.69. The van der Waals surface area contributed by atoms with Gasteiger partial charge in [-0.25, -0.2) is 0 Å². The minimum absolute atomic E-state index is 0.903. The molecule has 0 N–H and O–H groups in total. The molecule has 0 aliphatic heterocycles. The summed E-state index contributed by atoms with van der Waals surface area (Å²) in [5.41, 5.74) is 3.05. The van der Waals surface area contributed by atoms with Gasteiger partial charge in [0.25, 0.3) is 0 Å². The van der Waals surface area contributed by atoms with Crippen LogP contribution in [-0.2, 0) is 0 Å². The Morgan fingerprint density at radius 3 is 1.53 bits per heavy atom. The molecule has 0 spiro atoms. The largest absolute Gasteiger partial charge is 0.161 e. The van der Waals surface area contributed by atoms with Gasteiger partial charge in [-0.2, -0.15) is 8.16 Å². The van der Waals surface area contributed by atoms with Gasteiger partial charge in [-0.3, -0.25) is 0 Å². The highest BCUT2D eigenvalue weighted by atomic mass is 79.9. The van der Waals surface area contributed by atoms with Gasteiger partial charge in [-0.15, -0.1) is 0 Å². The standard InChI is InChI=1S/C13H10Br2N2/c14-17(15)16-13(11-7-3-1-4-8-11)12-9-5-2-6-10-12/h1-10H. The van der Waals surface area contributed by atoms with Gasteiger partial charge in [0, 0.05) is 11.1 Å². The summed E-state index contributed by atoms with van der Waals surface area (Å²) in [5.74, 6) is 0. The molecule has 0 bridgehead atoms. The van der Waals surface area contributed by atoms with Gasteiger partial charge in [0.05, 0.1) is 38.0 Å². The zero-order valence-electron chi connectivity index (χ0n) is 8.92. The molecule has 0 amide bonds. The highest BCUT2D eigenvalue weighted by Crippen LogP contribution is 2.15. The number of halogens is 2. The van der Waals surface area contributed by atoms with Crippen LogP contribution in [0.4, 0.5) is 0 Å². The monoisotopic (exact) mass is 352 g/mol. The SMILES string of the molecule is BrN(Br)N=C(c1ccccc1)c1ccccc1. The summed E-state index contributed by atoms with van der Waals surface area (Å²) in [7, 11) is 0. The highest BCUT2D eigenvalue weighted by molar-refractivity contribution is 9.21. The Labute approximate surface area is 118 Å². The number of nitrogens with zero attached hydrogens (tertiary/aromatic N) is 2. The summed E-state index contributed by atoms with van der Waals surface area (Å²) in [6.07, 6.45) is 0. The third kappa shape index (κ3) is 3.41. The van der Waals surface area contributed by atoms with E-state index in [-0.39, 0.29) is 0 Å². The predicted molar refractivity (Wildman–Crippen MR) is 78.2 cm³/mol. The van der Waals surface area contributed by atoms with Crippen LogP contribution >= 0.6 is 32.3 Å². The van der Waals surface area contributed by atoms with Crippen LogP contribution < -0.4 is 0 Å². The summed E-state index contributed by atoms with van der Waals surface area (Å²) in [5, 5.41) is 4.40. The second-order valence-electron chi connectivity index (χ2n) is 3.40. The maximum Gasteiger partial charge on any atom is 0.0995 e. The summed E-state index contributed by atoms with van der Waals surface area (Å²) < 4.78 is 1.45. The Balaban J connectivity index is 2.47. The zero-order chi connectivity index (χ0) is 12.1. The second kappa shape index (κ2) is 5.98. The molecule has 0 saturated heterocycles. The van der Waals surface area contributed by atoms with Crippen LogP contribution in [0.15, 0.2) is 65.8 Å². The van der Waals surface area contributed by atoms with Crippen LogP contribution in [0.3, 0.4) is 0 Å². The number of benzene rings is 2. The molecule has 0 heterocycles. The lowest BCUT2D eigenvalue weighted by Gasteiger charge is -2.08. The number of hydrogen-bond acceptors (Lipinski definition) is 2. The minimum atomic E-state index is 0.903. The summed E-state index contributed by atoms with van der Waals surface area (Å²) >= 11 is 6.46. The topological polar surface area (TPSA) is 15.6 Å². The van der Waals surface area contributed by atoms with E-state index in [1.54, 1.807) is 0 Å². The summed E-state index contributed by atoms with van der Waals surface area (Å²) in [6.45, 7) is 0. The van der Waals surface area contributed by atoms with Crippen molar-refractivity contribution in [3.05, 3.63) is 71.8 Å². The summed E-state index contributed by atoms with van der Waals surface area (Å²) in [6, 6.07) is 20.1. The number of hydrogen-bond donors (Lipinski definition) is 0. The molecule has 2 nitrogen and oxygen atoms in total. The Morgan fingerprint density at radius 1 is 0.765 bits per heavy atom. The Kier molecular flexibility index (Phi) is 4.34.